The molecule has 0 fully saturated rings. The van der Waals surface area contributed by atoms with Crippen molar-refractivity contribution in [3.8, 4) is 11.1 Å². The fourth-order valence-corrected chi connectivity index (χ4v) is 7.52. The van der Waals surface area contributed by atoms with Crippen LogP contribution in [0, 0.1) is 17.0 Å². The first-order valence-electron chi connectivity index (χ1n) is 21.5. The Bertz CT molecular complexity index is 2440. The van der Waals surface area contributed by atoms with Gasteiger partial charge in [0.05, 0.1) is 18.9 Å². The molecule has 0 aliphatic carbocycles. The van der Waals surface area contributed by atoms with Gasteiger partial charge in [-0.2, -0.15) is 0 Å². The number of hydrogen-bond donors (Lipinski definition) is 8. The van der Waals surface area contributed by atoms with Crippen LogP contribution >= 0.6 is 0 Å². The van der Waals surface area contributed by atoms with Crippen molar-refractivity contribution in [3.05, 3.63) is 95.8 Å². The number of primary amides is 1. The maximum atomic E-state index is 15.3. The number of aliphatic carboxylic acids is 1. The van der Waals surface area contributed by atoms with E-state index in [0.29, 0.717) is 10.6 Å². The number of imide groups is 1. The molecule has 69 heavy (non-hydrogen) atoms. The van der Waals surface area contributed by atoms with Crippen molar-refractivity contribution in [2.24, 2.45) is 11.1 Å². The molecule has 1 aliphatic heterocycles. The molecular weight excluding hydrogens is 909 g/mol. The van der Waals surface area contributed by atoms with Crippen molar-refractivity contribution >= 4 is 59.1 Å². The van der Waals surface area contributed by atoms with E-state index in [1.165, 1.54) is 4.90 Å². The second-order valence-electron chi connectivity index (χ2n) is 17.1. The molecule has 9 amide bonds. The van der Waals surface area contributed by atoms with Gasteiger partial charge < -0.3 is 52.0 Å². The third-order valence-electron chi connectivity index (χ3n) is 10.6. The highest BCUT2D eigenvalue weighted by Crippen LogP contribution is 2.41. The minimum Gasteiger partial charge on any atom is -0.481 e. The summed E-state index contributed by atoms with van der Waals surface area (Å²) < 4.78 is 31.6. The molecule has 9 N–H and O–H groups in total. The predicted molar refractivity (Wildman–Crippen MR) is 240 cm³/mol. The van der Waals surface area contributed by atoms with Gasteiger partial charge in [0.25, 0.3) is 11.8 Å². The van der Waals surface area contributed by atoms with Crippen molar-refractivity contribution in [1.82, 2.24) is 41.0 Å². The van der Waals surface area contributed by atoms with Crippen LogP contribution in [0.5, 0.6) is 0 Å². The average molecular weight is 964 g/mol. The first kappa shape index (κ1) is 53.8. The van der Waals surface area contributed by atoms with Crippen LogP contribution < -0.4 is 32.3 Å². The van der Waals surface area contributed by atoms with Gasteiger partial charge >= 0.3 is 5.97 Å². The molecule has 0 saturated carbocycles. The van der Waals surface area contributed by atoms with Gasteiger partial charge in [-0.1, -0.05) is 51.1 Å². The second-order valence-corrected chi connectivity index (χ2v) is 17.1. The number of halogens is 2. The van der Waals surface area contributed by atoms with E-state index in [2.05, 4.69) is 26.6 Å². The van der Waals surface area contributed by atoms with Crippen LogP contribution in [0.25, 0.3) is 11.1 Å². The van der Waals surface area contributed by atoms with Crippen LogP contribution in [-0.2, 0) is 54.5 Å². The lowest BCUT2D eigenvalue weighted by Gasteiger charge is -2.41. The molecule has 2 heterocycles. The van der Waals surface area contributed by atoms with Crippen molar-refractivity contribution in [2.45, 2.75) is 77.7 Å². The number of carboxylic acid groups (broad SMARTS) is 1. The zero-order valence-electron chi connectivity index (χ0n) is 38.3. The molecule has 370 valence electrons. The molecule has 4 rings (SSSR count). The van der Waals surface area contributed by atoms with Crippen molar-refractivity contribution < 1.29 is 66.9 Å². The SMILES string of the molecule is CC(=O)N[C@H](CC(=O)O)C(=O)N[C@@H](CC(N)=O)C(=O)N[C@@H](CCN(C(=O)CO)[C@@H](c1cc(-c2cc(F)ccc2F)cn1Cc1ccccc1)C(C)(C)C)C(=O)NCCNC(=O)CN1C(=O)C=CC1=O. The monoisotopic (exact) mass is 963 g/mol. The smallest absolute Gasteiger partial charge is 0.305 e. The van der Waals surface area contributed by atoms with E-state index in [0.717, 1.165) is 42.8 Å². The number of nitrogens with one attached hydrogen (secondary N) is 5. The number of aliphatic hydroxyl groups excluding tert-OH is 1. The fraction of sp³-hybridized carbons (Fsp3) is 0.391. The third kappa shape index (κ3) is 15.6. The number of nitrogens with zero attached hydrogens (tertiary/aromatic N) is 3. The van der Waals surface area contributed by atoms with Crippen LogP contribution in [0.4, 0.5) is 8.78 Å². The molecule has 3 aromatic rings. The fourth-order valence-electron chi connectivity index (χ4n) is 7.52. The zero-order valence-corrected chi connectivity index (χ0v) is 38.3. The summed E-state index contributed by atoms with van der Waals surface area (Å²) in [4.78, 5) is 129. The van der Waals surface area contributed by atoms with E-state index in [9.17, 15) is 62.5 Å². The number of rotatable bonds is 24. The van der Waals surface area contributed by atoms with Gasteiger partial charge in [-0.05, 0) is 41.7 Å². The zero-order chi connectivity index (χ0) is 51.2. The van der Waals surface area contributed by atoms with Gasteiger partial charge in [0.15, 0.2) is 0 Å². The molecular formula is C46H55F2N9O12. The Kier molecular flexibility index (Phi) is 18.9. The van der Waals surface area contributed by atoms with Crippen LogP contribution in [0.15, 0.2) is 72.9 Å². The predicted octanol–water partition coefficient (Wildman–Crippen LogP) is -0.238. The largest absolute Gasteiger partial charge is 0.481 e. The van der Waals surface area contributed by atoms with E-state index in [1.807, 2.05) is 12.1 Å². The molecule has 23 heteroatoms. The lowest BCUT2D eigenvalue weighted by Crippen LogP contribution is -2.58. The Morgan fingerprint density at radius 1 is 0.797 bits per heavy atom. The van der Waals surface area contributed by atoms with Gasteiger partial charge in [-0.3, -0.25) is 52.8 Å². The summed E-state index contributed by atoms with van der Waals surface area (Å²) in [5.74, 6) is -11.2. The molecule has 0 spiro atoms. The first-order valence-corrected chi connectivity index (χ1v) is 21.5. The maximum absolute atomic E-state index is 15.3. The van der Waals surface area contributed by atoms with Gasteiger partial charge in [0.2, 0.25) is 41.4 Å². The molecule has 2 aromatic carbocycles. The highest BCUT2D eigenvalue weighted by atomic mass is 19.1. The van der Waals surface area contributed by atoms with E-state index in [1.54, 1.807) is 55.8 Å². The van der Waals surface area contributed by atoms with E-state index in [4.69, 9.17) is 5.73 Å². The number of amides is 9. The van der Waals surface area contributed by atoms with E-state index < -0.39 is 139 Å². The Morgan fingerprint density at radius 2 is 1.41 bits per heavy atom. The van der Waals surface area contributed by atoms with Gasteiger partial charge in [-0.25, -0.2) is 8.78 Å². The Balaban J connectivity index is 1.71. The van der Waals surface area contributed by atoms with Crippen LogP contribution in [0.2, 0.25) is 0 Å². The summed E-state index contributed by atoms with van der Waals surface area (Å²) in [5, 5.41) is 31.4. The number of aliphatic hydroxyl groups is 1. The molecule has 0 unspecified atom stereocenters. The van der Waals surface area contributed by atoms with Crippen LogP contribution in [0.1, 0.15) is 64.3 Å². The highest BCUT2D eigenvalue weighted by Gasteiger charge is 2.39. The summed E-state index contributed by atoms with van der Waals surface area (Å²) in [5.41, 5.74) is 5.86. The molecule has 1 aliphatic rings. The Labute approximate surface area is 394 Å². The molecule has 0 saturated heterocycles. The van der Waals surface area contributed by atoms with E-state index >= 15 is 4.39 Å². The number of hydrogen-bond acceptors (Lipinski definition) is 11. The molecule has 1 aromatic heterocycles. The van der Waals surface area contributed by atoms with Gasteiger partial charge in [0.1, 0.15) is 42.9 Å². The maximum Gasteiger partial charge on any atom is 0.305 e. The number of benzene rings is 2. The quantitative estimate of drug-likeness (QED) is 0.0427. The lowest BCUT2D eigenvalue weighted by molar-refractivity contribution is -0.141. The van der Waals surface area contributed by atoms with Crippen molar-refractivity contribution in [2.75, 3.05) is 32.8 Å². The highest BCUT2D eigenvalue weighted by molar-refractivity contribution is 6.14. The molecule has 21 nitrogen and oxygen atoms in total. The topological polar surface area (TPSA) is 309 Å². The number of carboxylic acids is 1. The molecule has 0 radical (unpaired) electrons. The number of nitrogens with two attached hydrogens (primary N) is 1. The summed E-state index contributed by atoms with van der Waals surface area (Å²) in [6, 6.07) is 7.43. The lowest BCUT2D eigenvalue weighted by atomic mass is 9.82. The summed E-state index contributed by atoms with van der Waals surface area (Å²) in [6.45, 7) is 3.91. The minimum absolute atomic E-state index is 0.0783. The van der Waals surface area contributed by atoms with Gasteiger partial charge in [0, 0.05) is 68.3 Å². The first-order chi connectivity index (χ1) is 32.5. The van der Waals surface area contributed by atoms with Crippen molar-refractivity contribution in [1.29, 1.82) is 0 Å². The summed E-state index contributed by atoms with van der Waals surface area (Å²) >= 11 is 0. The number of carbonyl (C=O) groups excluding carboxylic acids is 9. The standard InChI is InChI=1S/C46H55F2N9O12/c1-26(59)52-34(21-41(65)66)45(69)54-33(20-36(49)60)44(68)53-32(43(67)51-16-15-50-37(61)24-57-38(62)12-13-39(57)63)14-17-56(40(64)25-58)42(46(2,3)4)35-18-28(30-19-29(47)10-11-31(30)48)23-55(35)22-27-8-6-5-7-9-27/h5-13,18-19,23,32-34,42,58H,14-17,20-22,24-25H2,1-4H3,(H2,49,60)(H,50,61)(H,51,67)(H,52,59)(H,53,68)(H,54,69)(H,65,66)/t32-,33-,34+,42-/m0/s1. The van der Waals surface area contributed by atoms with Crippen LogP contribution in [0.3, 0.4) is 0 Å². The second kappa shape index (κ2) is 24.3. The third-order valence-corrected chi connectivity index (χ3v) is 10.6. The summed E-state index contributed by atoms with van der Waals surface area (Å²) in [6.07, 6.45) is 1.35. The normalized spacial score (nSPS) is 14.0. The number of carbonyl (C=O) groups is 10. The average Bonchev–Trinajstić information content (AvgIpc) is 3.82. The minimum atomic E-state index is -1.85. The Morgan fingerprint density at radius 3 is 1.99 bits per heavy atom. The van der Waals surface area contributed by atoms with Crippen LogP contribution in [-0.4, -0.2) is 135 Å². The number of aromatic nitrogens is 1. The summed E-state index contributed by atoms with van der Waals surface area (Å²) in [7, 11) is 0. The Hall–Kier alpha value is -7.82. The van der Waals surface area contributed by atoms with Crippen molar-refractivity contribution in [3.63, 3.8) is 0 Å². The van der Waals surface area contributed by atoms with E-state index in [-0.39, 0.29) is 30.8 Å². The van der Waals surface area contributed by atoms with Gasteiger partial charge in [-0.15, -0.1) is 0 Å². The molecule has 0 bridgehead atoms. The molecule has 4 atom stereocenters.